The molecule has 2 amide bonds. The van der Waals surface area contributed by atoms with Gasteiger partial charge in [-0.1, -0.05) is 30.0 Å². The lowest BCUT2D eigenvalue weighted by atomic mass is 10.1. The fourth-order valence-electron chi connectivity index (χ4n) is 3.17. The molecular formula is C24H23N5O3S2. The smallest absolute Gasteiger partial charge is 0.257 e. The highest BCUT2D eigenvalue weighted by molar-refractivity contribution is 7.99. The maximum Gasteiger partial charge on any atom is 0.257 e. The highest BCUT2D eigenvalue weighted by atomic mass is 32.2. The number of nitrogens with zero attached hydrogens (tertiary/aromatic N) is 3. The lowest BCUT2D eigenvalue weighted by molar-refractivity contribution is -0.113. The number of ether oxygens (including phenoxy) is 1. The van der Waals surface area contributed by atoms with Crippen LogP contribution in [0.25, 0.3) is 0 Å². The molecule has 2 heterocycles. The average Bonchev–Trinajstić information content (AvgIpc) is 3.49. The Bertz CT molecular complexity index is 1270. The minimum absolute atomic E-state index is 0.138. The predicted octanol–water partition coefficient (Wildman–Crippen LogP) is 4.46. The van der Waals surface area contributed by atoms with Gasteiger partial charge in [0, 0.05) is 24.0 Å². The third kappa shape index (κ3) is 5.83. The molecule has 2 aromatic carbocycles. The minimum atomic E-state index is -0.319. The Morgan fingerprint density at radius 1 is 1.03 bits per heavy atom. The zero-order valence-electron chi connectivity index (χ0n) is 18.6. The number of anilines is 2. The van der Waals surface area contributed by atoms with Crippen LogP contribution >= 0.6 is 23.1 Å². The van der Waals surface area contributed by atoms with Crippen LogP contribution in [0, 0.1) is 0 Å². The summed E-state index contributed by atoms with van der Waals surface area (Å²) in [5.41, 5.74) is 1.44. The Morgan fingerprint density at radius 3 is 2.56 bits per heavy atom. The molecule has 0 saturated carbocycles. The summed E-state index contributed by atoms with van der Waals surface area (Å²) in [6.45, 7) is 0. The van der Waals surface area contributed by atoms with Crippen molar-refractivity contribution in [1.82, 2.24) is 14.8 Å². The second kappa shape index (κ2) is 11.0. The standard InChI is InChI=1S/C24H23N5O3S2/c1-29-21(14-18-6-5-13-33-18)27-28-24(29)34-15-22(30)26-20-8-4-3-7-19(20)23(31)25-16-9-11-17(32-2)12-10-16/h3-13H,14-15H2,1-2H3,(H,25,31)(H,26,30). The number of hydrogen-bond acceptors (Lipinski definition) is 7. The number of rotatable bonds is 9. The van der Waals surface area contributed by atoms with E-state index in [0.717, 1.165) is 5.82 Å². The zero-order chi connectivity index (χ0) is 23.9. The summed E-state index contributed by atoms with van der Waals surface area (Å²) in [6, 6.07) is 18.0. The Labute approximate surface area is 205 Å². The maximum absolute atomic E-state index is 12.8. The van der Waals surface area contributed by atoms with Crippen LogP contribution in [0.5, 0.6) is 5.75 Å². The molecule has 10 heteroatoms. The van der Waals surface area contributed by atoms with Gasteiger partial charge in [0.2, 0.25) is 5.91 Å². The molecular weight excluding hydrogens is 470 g/mol. The molecule has 0 saturated heterocycles. The van der Waals surface area contributed by atoms with Gasteiger partial charge in [0.25, 0.3) is 5.91 Å². The number of thioether (sulfide) groups is 1. The van der Waals surface area contributed by atoms with Crippen LogP contribution < -0.4 is 15.4 Å². The van der Waals surface area contributed by atoms with Crippen LogP contribution in [0.4, 0.5) is 11.4 Å². The molecule has 8 nitrogen and oxygen atoms in total. The van der Waals surface area contributed by atoms with Gasteiger partial charge in [0.05, 0.1) is 24.1 Å². The van der Waals surface area contributed by atoms with Gasteiger partial charge in [-0.15, -0.1) is 21.5 Å². The molecule has 4 rings (SSSR count). The van der Waals surface area contributed by atoms with Gasteiger partial charge < -0.3 is 19.9 Å². The van der Waals surface area contributed by atoms with Gasteiger partial charge in [-0.2, -0.15) is 0 Å². The summed E-state index contributed by atoms with van der Waals surface area (Å²) in [5, 5.41) is 16.8. The zero-order valence-corrected chi connectivity index (χ0v) is 20.3. The molecule has 0 bridgehead atoms. The molecule has 34 heavy (non-hydrogen) atoms. The summed E-state index contributed by atoms with van der Waals surface area (Å²) in [6.07, 6.45) is 0.699. The highest BCUT2D eigenvalue weighted by Gasteiger charge is 2.16. The normalized spacial score (nSPS) is 10.6. The topological polar surface area (TPSA) is 98.1 Å². The van der Waals surface area contributed by atoms with Crippen molar-refractivity contribution in [1.29, 1.82) is 0 Å². The lowest BCUT2D eigenvalue weighted by Gasteiger charge is -2.12. The maximum atomic E-state index is 12.8. The lowest BCUT2D eigenvalue weighted by Crippen LogP contribution is -2.19. The van der Waals surface area contributed by atoms with Crippen molar-refractivity contribution in [2.75, 3.05) is 23.5 Å². The van der Waals surface area contributed by atoms with Gasteiger partial charge in [-0.05, 0) is 47.8 Å². The SMILES string of the molecule is COc1ccc(NC(=O)c2ccccc2NC(=O)CSc2nnc(Cc3cccs3)n2C)cc1. The van der Waals surface area contributed by atoms with Crippen LogP contribution in [-0.2, 0) is 18.3 Å². The van der Waals surface area contributed by atoms with E-state index in [4.69, 9.17) is 4.74 Å². The highest BCUT2D eigenvalue weighted by Crippen LogP contribution is 2.22. The van der Waals surface area contributed by atoms with Gasteiger partial charge in [-0.3, -0.25) is 9.59 Å². The van der Waals surface area contributed by atoms with Crippen LogP contribution in [-0.4, -0.2) is 39.4 Å². The summed E-state index contributed by atoms with van der Waals surface area (Å²) >= 11 is 2.97. The van der Waals surface area contributed by atoms with Gasteiger partial charge in [0.15, 0.2) is 5.16 Å². The van der Waals surface area contributed by atoms with Crippen LogP contribution in [0.15, 0.2) is 71.2 Å². The number of benzene rings is 2. The average molecular weight is 494 g/mol. The second-order valence-electron chi connectivity index (χ2n) is 7.28. The van der Waals surface area contributed by atoms with E-state index in [1.54, 1.807) is 67.0 Å². The number of aromatic nitrogens is 3. The van der Waals surface area contributed by atoms with Gasteiger partial charge in [-0.25, -0.2) is 0 Å². The summed E-state index contributed by atoms with van der Waals surface area (Å²) in [4.78, 5) is 26.6. The molecule has 0 fully saturated rings. The van der Waals surface area contributed by atoms with E-state index < -0.39 is 0 Å². The number of thiophene rings is 1. The first-order chi connectivity index (χ1) is 16.5. The first-order valence-electron chi connectivity index (χ1n) is 10.4. The molecule has 0 aliphatic heterocycles. The van der Waals surface area contributed by atoms with Crippen molar-refractivity contribution in [2.45, 2.75) is 11.6 Å². The molecule has 174 valence electrons. The molecule has 0 atom stereocenters. The van der Waals surface area contributed by atoms with E-state index in [9.17, 15) is 9.59 Å². The Hall–Kier alpha value is -3.63. The van der Waals surface area contributed by atoms with Crippen molar-refractivity contribution in [2.24, 2.45) is 7.05 Å². The van der Waals surface area contributed by atoms with E-state index in [-0.39, 0.29) is 17.6 Å². The van der Waals surface area contributed by atoms with Crippen molar-refractivity contribution >= 4 is 46.3 Å². The van der Waals surface area contributed by atoms with E-state index in [1.165, 1.54) is 16.6 Å². The monoisotopic (exact) mass is 493 g/mol. The van der Waals surface area contributed by atoms with Gasteiger partial charge in [0.1, 0.15) is 11.6 Å². The van der Waals surface area contributed by atoms with Crippen molar-refractivity contribution in [3.8, 4) is 5.75 Å². The first kappa shape index (κ1) is 23.5. The quantitative estimate of drug-likeness (QED) is 0.334. The van der Waals surface area contributed by atoms with E-state index >= 15 is 0 Å². The summed E-state index contributed by atoms with van der Waals surface area (Å²) in [7, 11) is 3.47. The number of amides is 2. The molecule has 0 unspecified atom stereocenters. The number of para-hydroxylation sites is 1. The fraction of sp³-hybridized carbons (Fsp3) is 0.167. The first-order valence-corrected chi connectivity index (χ1v) is 12.3. The second-order valence-corrected chi connectivity index (χ2v) is 9.25. The molecule has 2 aromatic heterocycles. The fourth-order valence-corrected chi connectivity index (χ4v) is 4.60. The van der Waals surface area contributed by atoms with E-state index in [0.29, 0.717) is 34.3 Å². The molecule has 4 aromatic rings. The largest absolute Gasteiger partial charge is 0.497 e. The van der Waals surface area contributed by atoms with Crippen LogP contribution in [0.1, 0.15) is 21.1 Å². The Morgan fingerprint density at radius 2 is 1.82 bits per heavy atom. The number of carbonyl (C=O) groups is 2. The van der Waals surface area contributed by atoms with Crippen molar-refractivity contribution in [3.63, 3.8) is 0 Å². The summed E-state index contributed by atoms with van der Waals surface area (Å²) < 4.78 is 7.03. The number of hydrogen-bond donors (Lipinski definition) is 2. The van der Waals surface area contributed by atoms with Crippen LogP contribution in [0.3, 0.4) is 0 Å². The molecule has 0 aliphatic carbocycles. The van der Waals surface area contributed by atoms with E-state index in [2.05, 4.69) is 26.9 Å². The van der Waals surface area contributed by atoms with E-state index in [1.807, 2.05) is 23.1 Å². The Kier molecular flexibility index (Phi) is 7.61. The Balaban J connectivity index is 1.36. The van der Waals surface area contributed by atoms with Crippen molar-refractivity contribution < 1.29 is 14.3 Å². The third-order valence-corrected chi connectivity index (χ3v) is 6.86. The molecule has 0 radical (unpaired) electrons. The van der Waals surface area contributed by atoms with Crippen molar-refractivity contribution in [3.05, 3.63) is 82.3 Å². The molecule has 0 aliphatic rings. The summed E-state index contributed by atoms with van der Waals surface area (Å²) in [5.74, 6) is 1.12. The predicted molar refractivity (Wildman–Crippen MR) is 135 cm³/mol. The van der Waals surface area contributed by atoms with Crippen LogP contribution in [0.2, 0.25) is 0 Å². The van der Waals surface area contributed by atoms with Gasteiger partial charge >= 0.3 is 0 Å². The number of nitrogens with one attached hydrogen (secondary N) is 2. The molecule has 2 N–H and O–H groups in total. The minimum Gasteiger partial charge on any atom is -0.497 e. The third-order valence-electron chi connectivity index (χ3n) is 4.96. The molecule has 0 spiro atoms. The number of methoxy groups -OCH3 is 1. The number of carbonyl (C=O) groups excluding carboxylic acids is 2.